The van der Waals surface area contributed by atoms with E-state index < -0.39 is 5.76 Å². The summed E-state index contributed by atoms with van der Waals surface area (Å²) in [7, 11) is 0. The predicted molar refractivity (Wildman–Crippen MR) is 55.3 cm³/mol. The van der Waals surface area contributed by atoms with E-state index in [9.17, 15) is 4.79 Å². The van der Waals surface area contributed by atoms with Crippen molar-refractivity contribution in [2.45, 2.75) is 32.1 Å². The fourth-order valence-electron chi connectivity index (χ4n) is 2.46. The molecule has 0 aliphatic heterocycles. The van der Waals surface area contributed by atoms with E-state index in [1.807, 2.05) is 0 Å². The highest BCUT2D eigenvalue weighted by molar-refractivity contribution is 4.87. The monoisotopic (exact) mass is 211 g/mol. The van der Waals surface area contributed by atoms with E-state index >= 15 is 0 Å². The third-order valence-electron chi connectivity index (χ3n) is 3.31. The third kappa shape index (κ3) is 2.47. The molecule has 1 aromatic rings. The van der Waals surface area contributed by atoms with Crippen molar-refractivity contribution in [1.82, 2.24) is 10.1 Å². The Kier molecular flexibility index (Phi) is 3.20. The first-order valence-electron chi connectivity index (χ1n) is 5.54. The molecule has 0 spiro atoms. The molecule has 0 bridgehead atoms. The van der Waals surface area contributed by atoms with Crippen LogP contribution < -0.4 is 11.5 Å². The maximum absolute atomic E-state index is 10.8. The van der Waals surface area contributed by atoms with Gasteiger partial charge in [0.25, 0.3) is 0 Å². The van der Waals surface area contributed by atoms with Gasteiger partial charge in [-0.2, -0.15) is 0 Å². The maximum atomic E-state index is 10.8. The molecule has 5 nitrogen and oxygen atoms in total. The van der Waals surface area contributed by atoms with Crippen LogP contribution in [0.3, 0.4) is 0 Å². The molecule has 15 heavy (non-hydrogen) atoms. The highest BCUT2D eigenvalue weighted by atomic mass is 16.5. The second-order valence-electron chi connectivity index (χ2n) is 4.29. The molecule has 1 aliphatic carbocycles. The molecule has 2 rings (SSSR count). The van der Waals surface area contributed by atoms with E-state index in [1.165, 1.54) is 25.7 Å². The molecule has 0 aromatic carbocycles. The summed E-state index contributed by atoms with van der Waals surface area (Å²) < 4.78 is 4.48. The molecule has 5 heteroatoms. The average Bonchev–Trinajstić information content (AvgIpc) is 2.65. The molecule has 0 amide bonds. The minimum atomic E-state index is -0.467. The molecule has 84 valence electrons. The Hall–Kier alpha value is -1.10. The standard InChI is InChI=1S/C10H17N3O2/c11-6-8-4-2-1-3-7(8)5-9-12-10(14)15-13-9/h7-8H,1-6,11H2,(H,12,13,14)/t7-,8-/m1/s1. The number of nitrogens with zero attached hydrogens (tertiary/aromatic N) is 1. The van der Waals surface area contributed by atoms with Crippen LogP contribution in [-0.2, 0) is 6.42 Å². The van der Waals surface area contributed by atoms with Crippen LogP contribution in [0.25, 0.3) is 0 Å². The molecular weight excluding hydrogens is 194 g/mol. The molecule has 1 fully saturated rings. The van der Waals surface area contributed by atoms with E-state index in [4.69, 9.17) is 5.73 Å². The zero-order valence-corrected chi connectivity index (χ0v) is 8.74. The molecular formula is C10H17N3O2. The fourth-order valence-corrected chi connectivity index (χ4v) is 2.46. The number of hydrogen-bond acceptors (Lipinski definition) is 4. The lowest BCUT2D eigenvalue weighted by Crippen LogP contribution is -2.28. The highest BCUT2D eigenvalue weighted by Gasteiger charge is 2.25. The zero-order valence-electron chi connectivity index (χ0n) is 8.74. The van der Waals surface area contributed by atoms with E-state index in [0.29, 0.717) is 17.7 Å². The first-order chi connectivity index (χ1) is 7.29. The predicted octanol–water partition coefficient (Wildman–Crippen LogP) is 0.671. The number of hydrogen-bond donors (Lipinski definition) is 2. The molecule has 2 atom stereocenters. The summed E-state index contributed by atoms with van der Waals surface area (Å²) in [4.78, 5) is 13.4. The SMILES string of the molecule is NC[C@H]1CCCC[C@@H]1Cc1noc(=O)[nH]1. The summed E-state index contributed by atoms with van der Waals surface area (Å²) in [6, 6.07) is 0. The van der Waals surface area contributed by atoms with E-state index in [0.717, 1.165) is 13.0 Å². The fraction of sp³-hybridized carbons (Fsp3) is 0.800. The van der Waals surface area contributed by atoms with Crippen LogP contribution in [0.4, 0.5) is 0 Å². The smallest absolute Gasteiger partial charge is 0.330 e. The first-order valence-corrected chi connectivity index (χ1v) is 5.54. The number of H-pyrrole nitrogens is 1. The molecule has 0 unspecified atom stereocenters. The van der Waals surface area contributed by atoms with Crippen molar-refractivity contribution in [2.24, 2.45) is 17.6 Å². The van der Waals surface area contributed by atoms with Gasteiger partial charge in [0.15, 0.2) is 5.82 Å². The van der Waals surface area contributed by atoms with Gasteiger partial charge in [-0.3, -0.25) is 9.51 Å². The second-order valence-corrected chi connectivity index (χ2v) is 4.29. The summed E-state index contributed by atoms with van der Waals surface area (Å²) in [6.07, 6.45) is 5.69. The van der Waals surface area contributed by atoms with E-state index in [1.54, 1.807) is 0 Å². The van der Waals surface area contributed by atoms with Crippen molar-refractivity contribution in [3.05, 3.63) is 16.4 Å². The lowest BCUT2D eigenvalue weighted by atomic mass is 9.77. The van der Waals surface area contributed by atoms with Gasteiger partial charge in [-0.1, -0.05) is 18.0 Å². The van der Waals surface area contributed by atoms with Crippen LogP contribution in [0, 0.1) is 11.8 Å². The summed E-state index contributed by atoms with van der Waals surface area (Å²) in [5.41, 5.74) is 5.74. The van der Waals surface area contributed by atoms with E-state index in [2.05, 4.69) is 14.7 Å². The lowest BCUT2D eigenvalue weighted by molar-refractivity contribution is 0.237. The molecule has 1 heterocycles. The van der Waals surface area contributed by atoms with Crippen LogP contribution in [0.15, 0.2) is 9.32 Å². The number of aromatic nitrogens is 2. The summed E-state index contributed by atoms with van der Waals surface area (Å²) in [6.45, 7) is 0.729. The second kappa shape index (κ2) is 4.61. The van der Waals surface area contributed by atoms with Gasteiger partial charge in [-0.15, -0.1) is 0 Å². The van der Waals surface area contributed by atoms with Crippen molar-refractivity contribution >= 4 is 0 Å². The maximum Gasteiger partial charge on any atom is 0.438 e. The topological polar surface area (TPSA) is 84.9 Å². The van der Waals surface area contributed by atoms with Crippen molar-refractivity contribution in [3.8, 4) is 0 Å². The number of rotatable bonds is 3. The largest absolute Gasteiger partial charge is 0.438 e. The Morgan fingerprint density at radius 3 is 2.73 bits per heavy atom. The van der Waals surface area contributed by atoms with Crippen molar-refractivity contribution in [2.75, 3.05) is 6.54 Å². The number of aromatic amines is 1. The van der Waals surface area contributed by atoms with E-state index in [-0.39, 0.29) is 0 Å². The minimum absolute atomic E-state index is 0.467. The highest BCUT2D eigenvalue weighted by Crippen LogP contribution is 2.30. The van der Waals surface area contributed by atoms with Crippen LogP contribution in [0.1, 0.15) is 31.5 Å². The van der Waals surface area contributed by atoms with Crippen molar-refractivity contribution < 1.29 is 4.52 Å². The Bertz CT molecular complexity index is 358. The van der Waals surface area contributed by atoms with Gasteiger partial charge in [0, 0.05) is 6.42 Å². The van der Waals surface area contributed by atoms with Gasteiger partial charge in [0.1, 0.15) is 0 Å². The zero-order chi connectivity index (χ0) is 10.7. The molecule has 0 saturated heterocycles. The molecule has 1 aliphatic rings. The average molecular weight is 211 g/mol. The molecule has 1 aromatic heterocycles. The molecule has 3 N–H and O–H groups in total. The summed E-state index contributed by atoms with van der Waals surface area (Å²) in [5, 5.41) is 3.69. The Morgan fingerprint density at radius 1 is 1.40 bits per heavy atom. The number of nitrogens with two attached hydrogens (primary N) is 1. The molecule has 1 saturated carbocycles. The quantitative estimate of drug-likeness (QED) is 0.769. The van der Waals surface area contributed by atoms with Gasteiger partial charge in [0.2, 0.25) is 0 Å². The Balaban J connectivity index is 2.00. The van der Waals surface area contributed by atoms with Gasteiger partial charge in [0.05, 0.1) is 0 Å². The van der Waals surface area contributed by atoms with Gasteiger partial charge in [-0.25, -0.2) is 4.79 Å². The van der Waals surface area contributed by atoms with Crippen LogP contribution >= 0.6 is 0 Å². The minimum Gasteiger partial charge on any atom is -0.330 e. The van der Waals surface area contributed by atoms with Gasteiger partial charge >= 0.3 is 5.76 Å². The summed E-state index contributed by atoms with van der Waals surface area (Å²) >= 11 is 0. The van der Waals surface area contributed by atoms with Crippen molar-refractivity contribution in [3.63, 3.8) is 0 Å². The lowest BCUT2D eigenvalue weighted by Gasteiger charge is -2.29. The Morgan fingerprint density at radius 2 is 2.13 bits per heavy atom. The third-order valence-corrected chi connectivity index (χ3v) is 3.31. The normalized spacial score (nSPS) is 26.7. The first kappa shape index (κ1) is 10.4. The van der Waals surface area contributed by atoms with Crippen LogP contribution in [-0.4, -0.2) is 16.7 Å². The van der Waals surface area contributed by atoms with Gasteiger partial charge in [-0.05, 0) is 31.2 Å². The summed E-state index contributed by atoms with van der Waals surface area (Å²) in [5.74, 6) is 1.30. The number of nitrogens with one attached hydrogen (secondary N) is 1. The van der Waals surface area contributed by atoms with Crippen LogP contribution in [0.2, 0.25) is 0 Å². The molecule has 0 radical (unpaired) electrons. The van der Waals surface area contributed by atoms with Crippen LogP contribution in [0.5, 0.6) is 0 Å². The van der Waals surface area contributed by atoms with Gasteiger partial charge < -0.3 is 5.73 Å². The Labute approximate surface area is 88.0 Å². The van der Waals surface area contributed by atoms with Crippen molar-refractivity contribution in [1.29, 1.82) is 0 Å².